The number of aromatic amines is 1. The Morgan fingerprint density at radius 1 is 1.59 bits per heavy atom. The minimum Gasteiger partial charge on any atom is -0.378 e. The van der Waals surface area contributed by atoms with Crippen molar-refractivity contribution in [2.24, 2.45) is 5.84 Å². The monoisotopic (exact) mass is 257 g/mol. The van der Waals surface area contributed by atoms with Crippen LogP contribution >= 0.6 is 12.2 Å². The number of nitrogens with two attached hydrogens (primary N) is 1. The molecule has 1 aromatic heterocycles. The van der Waals surface area contributed by atoms with Gasteiger partial charge in [-0.3, -0.25) is 5.01 Å². The zero-order valence-corrected chi connectivity index (χ0v) is 10.3. The van der Waals surface area contributed by atoms with E-state index in [4.69, 9.17) is 22.8 Å². The molecule has 0 spiro atoms. The number of anilines is 2. The molecular weight excluding hydrogens is 242 g/mol. The molecule has 0 aromatic carbocycles. The van der Waals surface area contributed by atoms with Gasteiger partial charge in [0.2, 0.25) is 11.9 Å². The van der Waals surface area contributed by atoms with Crippen LogP contribution in [-0.4, -0.2) is 58.7 Å². The first-order valence-corrected chi connectivity index (χ1v) is 5.62. The van der Waals surface area contributed by atoms with Crippen molar-refractivity contribution in [1.82, 2.24) is 20.2 Å². The van der Waals surface area contributed by atoms with Crippen molar-refractivity contribution in [2.75, 3.05) is 43.6 Å². The first-order valence-electron chi connectivity index (χ1n) is 5.21. The van der Waals surface area contributed by atoms with Crippen LogP contribution in [0, 0.1) is 0 Å². The van der Waals surface area contributed by atoms with E-state index in [1.165, 1.54) is 5.01 Å². The Hall–Kier alpha value is -1.45. The second kappa shape index (κ2) is 5.25. The highest BCUT2D eigenvalue weighted by Crippen LogP contribution is 2.11. The molecule has 94 valence electrons. The smallest absolute Gasteiger partial charge is 0.246 e. The highest BCUT2D eigenvalue weighted by atomic mass is 32.1. The van der Waals surface area contributed by atoms with Crippen molar-refractivity contribution in [1.29, 1.82) is 0 Å². The van der Waals surface area contributed by atoms with Crippen LogP contribution < -0.4 is 16.1 Å². The third-order valence-corrected chi connectivity index (χ3v) is 2.70. The maximum absolute atomic E-state index is 5.47. The van der Waals surface area contributed by atoms with Gasteiger partial charge in [-0.2, -0.15) is 4.98 Å². The average Bonchev–Trinajstić information content (AvgIpc) is 2.78. The van der Waals surface area contributed by atoms with E-state index in [0.29, 0.717) is 30.2 Å². The summed E-state index contributed by atoms with van der Waals surface area (Å²) in [7, 11) is 1.65. The van der Waals surface area contributed by atoms with Crippen LogP contribution in [0.3, 0.4) is 0 Å². The Morgan fingerprint density at radius 3 is 2.94 bits per heavy atom. The number of thiocarbonyl (C=S) groups is 1. The largest absolute Gasteiger partial charge is 0.378 e. The number of nitrogens with zero attached hydrogens (tertiary/aromatic N) is 4. The normalized spacial score (nSPS) is 15.8. The van der Waals surface area contributed by atoms with Crippen LogP contribution in [0.25, 0.3) is 0 Å². The van der Waals surface area contributed by atoms with Crippen LogP contribution in [0.15, 0.2) is 0 Å². The van der Waals surface area contributed by atoms with Crippen molar-refractivity contribution < 1.29 is 4.74 Å². The van der Waals surface area contributed by atoms with E-state index in [-0.39, 0.29) is 0 Å². The van der Waals surface area contributed by atoms with E-state index in [1.807, 2.05) is 4.90 Å². The number of ether oxygens (including phenoxy) is 1. The number of morpholine rings is 1. The number of hydrogen-bond acceptors (Lipinski definition) is 6. The van der Waals surface area contributed by atoms with Crippen LogP contribution in [0.4, 0.5) is 11.9 Å². The van der Waals surface area contributed by atoms with Crippen LogP contribution in [-0.2, 0) is 4.74 Å². The fourth-order valence-corrected chi connectivity index (χ4v) is 1.50. The molecule has 0 radical (unpaired) electrons. The van der Waals surface area contributed by atoms with Crippen molar-refractivity contribution >= 4 is 29.2 Å². The Bertz CT molecular complexity index is 387. The Morgan fingerprint density at radius 2 is 2.29 bits per heavy atom. The standard InChI is InChI=1S/C8H15N7OS/c1-14(9)8(17)11-6-10-7(13-12-6)15-2-4-16-5-3-15/h2-5,9H2,1H3,(H2,10,11,12,13,17). The van der Waals surface area contributed by atoms with Crippen molar-refractivity contribution in [3.8, 4) is 0 Å². The molecule has 1 aromatic rings. The second-order valence-electron chi connectivity index (χ2n) is 3.62. The summed E-state index contributed by atoms with van der Waals surface area (Å²) >= 11 is 4.99. The number of hydrazine groups is 1. The van der Waals surface area contributed by atoms with Crippen molar-refractivity contribution in [3.63, 3.8) is 0 Å². The van der Waals surface area contributed by atoms with Crippen molar-refractivity contribution in [2.45, 2.75) is 0 Å². The fraction of sp³-hybridized carbons (Fsp3) is 0.625. The lowest BCUT2D eigenvalue weighted by molar-refractivity contribution is 0.122. The molecule has 0 aliphatic carbocycles. The van der Waals surface area contributed by atoms with Gasteiger partial charge < -0.3 is 15.0 Å². The minimum absolute atomic E-state index is 0.370. The predicted octanol–water partition coefficient (Wildman–Crippen LogP) is -0.856. The zero-order valence-electron chi connectivity index (χ0n) is 9.51. The van der Waals surface area contributed by atoms with Gasteiger partial charge in [-0.15, -0.1) is 5.10 Å². The van der Waals surface area contributed by atoms with E-state index in [1.54, 1.807) is 7.05 Å². The van der Waals surface area contributed by atoms with Crippen molar-refractivity contribution in [3.05, 3.63) is 0 Å². The van der Waals surface area contributed by atoms with Gasteiger partial charge in [0.05, 0.1) is 13.2 Å². The SMILES string of the molecule is CN(N)C(=S)Nc1nc(N2CCOCC2)n[nH]1. The molecule has 9 heteroatoms. The van der Waals surface area contributed by atoms with E-state index >= 15 is 0 Å². The summed E-state index contributed by atoms with van der Waals surface area (Å²) in [6.45, 7) is 2.97. The molecule has 1 aliphatic heterocycles. The van der Waals surface area contributed by atoms with E-state index in [2.05, 4.69) is 20.5 Å². The summed E-state index contributed by atoms with van der Waals surface area (Å²) in [6, 6.07) is 0. The number of hydrogen-bond donors (Lipinski definition) is 3. The average molecular weight is 257 g/mol. The highest BCUT2D eigenvalue weighted by molar-refractivity contribution is 7.80. The molecule has 0 atom stereocenters. The Kier molecular flexibility index (Phi) is 3.71. The molecule has 4 N–H and O–H groups in total. The summed E-state index contributed by atoms with van der Waals surface area (Å²) in [5.41, 5.74) is 0. The number of nitrogens with one attached hydrogen (secondary N) is 2. The molecule has 0 bridgehead atoms. The summed E-state index contributed by atoms with van der Waals surface area (Å²) in [6.07, 6.45) is 0. The number of rotatable bonds is 2. The summed E-state index contributed by atoms with van der Waals surface area (Å²) in [4.78, 5) is 6.32. The van der Waals surface area contributed by atoms with Gasteiger partial charge in [0.25, 0.3) is 0 Å². The molecule has 1 aliphatic rings. The molecule has 0 amide bonds. The molecule has 0 unspecified atom stereocenters. The molecule has 17 heavy (non-hydrogen) atoms. The topological polar surface area (TPSA) is 95.3 Å². The lowest BCUT2D eigenvalue weighted by atomic mass is 10.4. The number of aromatic nitrogens is 3. The quantitative estimate of drug-likeness (QED) is 0.358. The van der Waals surface area contributed by atoms with E-state index in [0.717, 1.165) is 13.1 Å². The third kappa shape index (κ3) is 3.02. The van der Waals surface area contributed by atoms with Crippen LogP contribution in [0.2, 0.25) is 0 Å². The summed E-state index contributed by atoms with van der Waals surface area (Å²) in [5.74, 6) is 6.59. The molecule has 1 fully saturated rings. The first-order chi connectivity index (χ1) is 8.16. The maximum Gasteiger partial charge on any atom is 0.246 e. The third-order valence-electron chi connectivity index (χ3n) is 2.31. The van der Waals surface area contributed by atoms with Crippen LogP contribution in [0.1, 0.15) is 0 Å². The Balaban J connectivity index is 1.97. The van der Waals surface area contributed by atoms with Crippen LogP contribution in [0.5, 0.6) is 0 Å². The summed E-state index contributed by atoms with van der Waals surface area (Å²) in [5, 5.41) is 11.4. The molecule has 0 saturated carbocycles. The molecule has 1 saturated heterocycles. The Labute approximate surface area is 104 Å². The predicted molar refractivity (Wildman–Crippen MR) is 67.6 cm³/mol. The highest BCUT2D eigenvalue weighted by Gasteiger charge is 2.15. The maximum atomic E-state index is 5.47. The lowest BCUT2D eigenvalue weighted by Crippen LogP contribution is -2.37. The van der Waals surface area contributed by atoms with Gasteiger partial charge in [-0.1, -0.05) is 0 Å². The second-order valence-corrected chi connectivity index (χ2v) is 4.01. The van der Waals surface area contributed by atoms with E-state index < -0.39 is 0 Å². The molecule has 2 heterocycles. The fourth-order valence-electron chi connectivity index (χ4n) is 1.40. The van der Waals surface area contributed by atoms with Gasteiger partial charge in [-0.05, 0) is 12.2 Å². The van der Waals surface area contributed by atoms with Gasteiger partial charge >= 0.3 is 0 Å². The first kappa shape index (κ1) is 12.0. The summed E-state index contributed by atoms with van der Waals surface area (Å²) < 4.78 is 5.26. The molecule has 2 rings (SSSR count). The van der Waals surface area contributed by atoms with Gasteiger partial charge in [0.1, 0.15) is 0 Å². The number of H-pyrrole nitrogens is 1. The van der Waals surface area contributed by atoms with Gasteiger partial charge in [-0.25, -0.2) is 10.9 Å². The zero-order chi connectivity index (χ0) is 12.3. The molecular formula is C8H15N7OS. The molecule has 8 nitrogen and oxygen atoms in total. The van der Waals surface area contributed by atoms with Gasteiger partial charge in [0.15, 0.2) is 5.11 Å². The lowest BCUT2D eigenvalue weighted by Gasteiger charge is -2.25. The van der Waals surface area contributed by atoms with E-state index in [9.17, 15) is 0 Å². The van der Waals surface area contributed by atoms with Gasteiger partial charge in [0, 0.05) is 20.1 Å². The minimum atomic E-state index is 0.370.